The Kier molecular flexibility index (Phi) is 8.07. The lowest BCUT2D eigenvalue weighted by atomic mass is 10.00. The van der Waals surface area contributed by atoms with Gasteiger partial charge in [0, 0.05) is 18.4 Å². The molecule has 0 heterocycles. The summed E-state index contributed by atoms with van der Waals surface area (Å²) in [5.74, 6) is -0.587. The van der Waals surface area contributed by atoms with Crippen molar-refractivity contribution in [3.63, 3.8) is 0 Å². The van der Waals surface area contributed by atoms with Crippen molar-refractivity contribution in [2.24, 2.45) is 5.92 Å². The average molecular weight is 385 g/mol. The Morgan fingerprint density at radius 1 is 1.07 bits per heavy atom. The Bertz CT molecular complexity index is 792. The molecule has 2 aromatic rings. The molecule has 0 bridgehead atoms. The zero-order valence-corrected chi connectivity index (χ0v) is 16.3. The van der Waals surface area contributed by atoms with E-state index in [-0.39, 0.29) is 23.5 Å². The first-order valence-corrected chi connectivity index (χ1v) is 9.73. The molecule has 0 aliphatic heterocycles. The summed E-state index contributed by atoms with van der Waals surface area (Å²) in [6.45, 7) is 3.52. The molecule has 0 saturated carbocycles. The first-order chi connectivity index (χ1) is 13.0. The minimum absolute atomic E-state index is 0.0230. The molecular formula is C21H23NO4S. The summed E-state index contributed by atoms with van der Waals surface area (Å²) in [7, 11) is 0. The van der Waals surface area contributed by atoms with Crippen LogP contribution in [0.4, 0.5) is 5.69 Å². The van der Waals surface area contributed by atoms with Crippen LogP contribution in [-0.2, 0) is 20.7 Å². The van der Waals surface area contributed by atoms with Gasteiger partial charge in [0.15, 0.2) is 5.12 Å². The van der Waals surface area contributed by atoms with Gasteiger partial charge in [-0.15, -0.1) is 0 Å². The van der Waals surface area contributed by atoms with E-state index in [1.807, 2.05) is 30.3 Å². The summed E-state index contributed by atoms with van der Waals surface area (Å²) >= 11 is 1.14. The number of nitrogens with one attached hydrogen (secondary N) is 1. The third-order valence-corrected chi connectivity index (χ3v) is 4.80. The van der Waals surface area contributed by atoms with E-state index in [1.54, 1.807) is 31.2 Å². The molecular weight excluding hydrogens is 362 g/mol. The summed E-state index contributed by atoms with van der Waals surface area (Å²) in [6.07, 6.45) is 0.532. The molecule has 5 nitrogen and oxygen atoms in total. The molecule has 0 fully saturated rings. The van der Waals surface area contributed by atoms with Crippen LogP contribution in [0.25, 0.3) is 0 Å². The number of hydrogen-bond donors (Lipinski definition) is 1. The van der Waals surface area contributed by atoms with Crippen LogP contribution < -0.4 is 5.32 Å². The highest BCUT2D eigenvalue weighted by molar-refractivity contribution is 8.13. The molecule has 1 N–H and O–H groups in total. The van der Waals surface area contributed by atoms with Gasteiger partial charge in [-0.2, -0.15) is 0 Å². The van der Waals surface area contributed by atoms with E-state index >= 15 is 0 Å². The topological polar surface area (TPSA) is 72.5 Å². The standard InChI is InChI=1S/C21H23NO4S/c1-3-26-21(25)17-10-7-11-19(13-17)22-20(24)18(14-27-15(2)23)12-16-8-5-4-6-9-16/h4-11,13,18H,3,12,14H2,1-2H3,(H,22,24). The van der Waals surface area contributed by atoms with E-state index < -0.39 is 5.97 Å². The second-order valence-electron chi connectivity index (χ2n) is 5.98. The molecule has 142 valence electrons. The van der Waals surface area contributed by atoms with Crippen LogP contribution in [-0.4, -0.2) is 29.4 Å². The molecule has 1 unspecified atom stereocenters. The Morgan fingerprint density at radius 3 is 2.48 bits per heavy atom. The second kappa shape index (κ2) is 10.5. The highest BCUT2D eigenvalue weighted by Gasteiger charge is 2.20. The van der Waals surface area contributed by atoms with Crippen LogP contribution in [0, 0.1) is 5.92 Å². The van der Waals surface area contributed by atoms with E-state index in [9.17, 15) is 14.4 Å². The monoisotopic (exact) mass is 385 g/mol. The maximum absolute atomic E-state index is 12.8. The van der Waals surface area contributed by atoms with E-state index in [2.05, 4.69) is 5.32 Å². The Morgan fingerprint density at radius 2 is 1.81 bits per heavy atom. The van der Waals surface area contributed by atoms with Crippen molar-refractivity contribution in [3.05, 3.63) is 65.7 Å². The van der Waals surface area contributed by atoms with Gasteiger partial charge >= 0.3 is 5.97 Å². The zero-order chi connectivity index (χ0) is 19.6. The zero-order valence-electron chi connectivity index (χ0n) is 15.4. The molecule has 6 heteroatoms. The lowest BCUT2D eigenvalue weighted by Gasteiger charge is -2.16. The molecule has 0 spiro atoms. The predicted molar refractivity (Wildman–Crippen MR) is 108 cm³/mol. The molecule has 0 aliphatic rings. The van der Waals surface area contributed by atoms with E-state index in [4.69, 9.17) is 4.74 Å². The highest BCUT2D eigenvalue weighted by atomic mass is 32.2. The van der Waals surface area contributed by atoms with Gasteiger partial charge in [0.05, 0.1) is 18.1 Å². The number of benzene rings is 2. The molecule has 2 aromatic carbocycles. The van der Waals surface area contributed by atoms with Crippen LogP contribution >= 0.6 is 11.8 Å². The fraction of sp³-hybridized carbons (Fsp3) is 0.286. The first-order valence-electron chi connectivity index (χ1n) is 8.75. The summed E-state index contributed by atoms with van der Waals surface area (Å²) in [5, 5.41) is 2.83. The van der Waals surface area contributed by atoms with Crippen molar-refractivity contribution in [2.75, 3.05) is 17.7 Å². The number of anilines is 1. The van der Waals surface area contributed by atoms with Crippen molar-refractivity contribution in [3.8, 4) is 0 Å². The number of hydrogen-bond acceptors (Lipinski definition) is 5. The van der Waals surface area contributed by atoms with Crippen LogP contribution in [0.15, 0.2) is 54.6 Å². The SMILES string of the molecule is CCOC(=O)c1cccc(NC(=O)C(CSC(C)=O)Cc2ccccc2)c1. The highest BCUT2D eigenvalue weighted by Crippen LogP contribution is 2.19. The van der Waals surface area contributed by atoms with E-state index in [1.165, 1.54) is 6.92 Å². The number of carbonyl (C=O) groups is 3. The van der Waals surface area contributed by atoms with Crippen molar-refractivity contribution < 1.29 is 19.1 Å². The van der Waals surface area contributed by atoms with Gasteiger partial charge in [-0.05, 0) is 37.1 Å². The lowest BCUT2D eigenvalue weighted by Crippen LogP contribution is -2.27. The minimum atomic E-state index is -0.429. The van der Waals surface area contributed by atoms with Gasteiger partial charge in [0.25, 0.3) is 0 Å². The normalized spacial score (nSPS) is 11.5. The molecule has 0 aromatic heterocycles. The van der Waals surface area contributed by atoms with Gasteiger partial charge in [-0.3, -0.25) is 9.59 Å². The van der Waals surface area contributed by atoms with Gasteiger partial charge in [-0.1, -0.05) is 48.2 Å². The maximum Gasteiger partial charge on any atom is 0.338 e. The maximum atomic E-state index is 12.8. The number of rotatable bonds is 8. The third kappa shape index (κ3) is 6.90. The largest absolute Gasteiger partial charge is 0.462 e. The van der Waals surface area contributed by atoms with Crippen LogP contribution in [0.3, 0.4) is 0 Å². The first kappa shape index (κ1) is 20.7. The summed E-state index contributed by atoms with van der Waals surface area (Å²) in [5.41, 5.74) is 1.94. The third-order valence-electron chi connectivity index (χ3n) is 3.82. The van der Waals surface area contributed by atoms with Crippen LogP contribution in [0.5, 0.6) is 0 Å². The number of amides is 1. The average Bonchev–Trinajstić information content (AvgIpc) is 2.66. The number of esters is 1. The second-order valence-corrected chi connectivity index (χ2v) is 7.18. The molecule has 1 amide bonds. The predicted octanol–water partition coefficient (Wildman–Crippen LogP) is 3.94. The van der Waals surface area contributed by atoms with E-state index in [0.29, 0.717) is 23.4 Å². The Hall–Kier alpha value is -2.60. The quantitative estimate of drug-likeness (QED) is 0.697. The van der Waals surface area contributed by atoms with E-state index in [0.717, 1.165) is 17.3 Å². The molecule has 1 atom stereocenters. The van der Waals surface area contributed by atoms with Crippen molar-refractivity contribution in [2.45, 2.75) is 20.3 Å². The summed E-state index contributed by atoms with van der Waals surface area (Å²) in [6, 6.07) is 16.3. The number of carbonyl (C=O) groups excluding carboxylic acids is 3. The molecule has 27 heavy (non-hydrogen) atoms. The molecule has 0 aliphatic carbocycles. The van der Waals surface area contributed by atoms with Crippen molar-refractivity contribution in [1.82, 2.24) is 0 Å². The van der Waals surface area contributed by atoms with Gasteiger partial charge in [0.1, 0.15) is 0 Å². The lowest BCUT2D eigenvalue weighted by molar-refractivity contribution is -0.119. The summed E-state index contributed by atoms with van der Waals surface area (Å²) in [4.78, 5) is 36.0. The van der Waals surface area contributed by atoms with Crippen molar-refractivity contribution in [1.29, 1.82) is 0 Å². The fourth-order valence-electron chi connectivity index (χ4n) is 2.53. The minimum Gasteiger partial charge on any atom is -0.462 e. The van der Waals surface area contributed by atoms with Gasteiger partial charge < -0.3 is 10.1 Å². The fourth-order valence-corrected chi connectivity index (χ4v) is 3.23. The smallest absolute Gasteiger partial charge is 0.338 e. The summed E-state index contributed by atoms with van der Waals surface area (Å²) < 4.78 is 4.99. The number of thioether (sulfide) groups is 1. The Labute approximate surface area is 163 Å². The molecule has 0 radical (unpaired) electrons. The van der Waals surface area contributed by atoms with Crippen LogP contribution in [0.1, 0.15) is 29.8 Å². The van der Waals surface area contributed by atoms with Crippen molar-refractivity contribution >= 4 is 34.4 Å². The van der Waals surface area contributed by atoms with Gasteiger partial charge in [0.2, 0.25) is 5.91 Å². The number of ether oxygens (including phenoxy) is 1. The van der Waals surface area contributed by atoms with Crippen LogP contribution in [0.2, 0.25) is 0 Å². The molecule has 2 rings (SSSR count). The molecule has 0 saturated heterocycles. The Balaban J connectivity index is 2.11. The van der Waals surface area contributed by atoms with Gasteiger partial charge in [-0.25, -0.2) is 4.79 Å².